The summed E-state index contributed by atoms with van der Waals surface area (Å²) in [5, 5.41) is 5.00. The van der Waals surface area contributed by atoms with Crippen LogP contribution in [0.4, 0.5) is 11.5 Å². The molecule has 4 heterocycles. The van der Waals surface area contributed by atoms with Gasteiger partial charge in [0.2, 0.25) is 5.91 Å². The third-order valence-electron chi connectivity index (χ3n) is 4.51. The summed E-state index contributed by atoms with van der Waals surface area (Å²) in [6, 6.07) is 7.81. The molecule has 1 N–H and O–H groups in total. The Morgan fingerprint density at radius 3 is 2.80 bits per heavy atom. The maximum absolute atomic E-state index is 12.5. The summed E-state index contributed by atoms with van der Waals surface area (Å²) in [7, 11) is 0. The maximum atomic E-state index is 12.5. The van der Waals surface area contributed by atoms with Gasteiger partial charge in [0.05, 0.1) is 15.9 Å². The number of amides is 1. The minimum Gasteiger partial charge on any atom is -0.370 e. The number of hydrogen-bond acceptors (Lipinski definition) is 5. The van der Waals surface area contributed by atoms with Gasteiger partial charge in [-0.25, -0.2) is 4.98 Å². The molecule has 5 nitrogen and oxygen atoms in total. The Morgan fingerprint density at radius 2 is 2.04 bits per heavy atom. The molecule has 1 aliphatic rings. The van der Waals surface area contributed by atoms with Crippen molar-refractivity contribution in [3.63, 3.8) is 0 Å². The third-order valence-corrected chi connectivity index (χ3v) is 5.90. The van der Waals surface area contributed by atoms with Crippen LogP contribution in [-0.4, -0.2) is 29.0 Å². The van der Waals surface area contributed by atoms with E-state index in [1.807, 2.05) is 18.3 Å². The average Bonchev–Trinajstić information content (AvgIpc) is 3.12. The van der Waals surface area contributed by atoms with E-state index in [4.69, 9.17) is 0 Å². The molecule has 3 aromatic rings. The number of nitrogens with one attached hydrogen (secondary N) is 1. The van der Waals surface area contributed by atoms with E-state index < -0.39 is 0 Å². The molecule has 0 bridgehead atoms. The predicted molar refractivity (Wildman–Crippen MR) is 105 cm³/mol. The Balaban J connectivity index is 1.40. The molecule has 128 valence electrons. The van der Waals surface area contributed by atoms with Crippen molar-refractivity contribution in [2.75, 3.05) is 23.3 Å². The molecule has 0 radical (unpaired) electrons. The Bertz CT molecular complexity index is 887. The normalized spacial score (nSPS) is 15.5. The molecule has 3 aromatic heterocycles. The number of aromatic nitrogens is 2. The maximum Gasteiger partial charge on any atom is 0.228 e. The Hall–Kier alpha value is -1.99. The van der Waals surface area contributed by atoms with Crippen LogP contribution in [0.15, 0.2) is 46.5 Å². The molecule has 0 atom stereocenters. The number of carbonyl (C=O) groups is 1. The van der Waals surface area contributed by atoms with Crippen LogP contribution < -0.4 is 10.2 Å². The number of anilines is 2. The van der Waals surface area contributed by atoms with Crippen molar-refractivity contribution >= 4 is 54.9 Å². The van der Waals surface area contributed by atoms with Gasteiger partial charge in [0.15, 0.2) is 0 Å². The first-order chi connectivity index (χ1) is 12.2. The van der Waals surface area contributed by atoms with E-state index in [0.29, 0.717) is 5.82 Å². The van der Waals surface area contributed by atoms with Gasteiger partial charge in [-0.05, 0) is 58.4 Å². The molecule has 0 saturated carbocycles. The lowest BCUT2D eigenvalue weighted by atomic mass is 9.95. The largest absolute Gasteiger partial charge is 0.370 e. The van der Waals surface area contributed by atoms with Crippen LogP contribution in [-0.2, 0) is 4.79 Å². The van der Waals surface area contributed by atoms with Crippen LogP contribution in [0.3, 0.4) is 0 Å². The number of rotatable bonds is 3. The monoisotopic (exact) mass is 416 g/mol. The summed E-state index contributed by atoms with van der Waals surface area (Å²) >= 11 is 5.07. The van der Waals surface area contributed by atoms with Crippen LogP contribution >= 0.6 is 27.3 Å². The van der Waals surface area contributed by atoms with Gasteiger partial charge >= 0.3 is 0 Å². The molecule has 0 aliphatic carbocycles. The standard InChI is InChI=1S/C18H17BrN4OS/c19-13-1-2-16(21-11-13)22-18(24)12-4-8-23(9-5-12)15-3-7-20-14-6-10-25-17(14)15/h1-3,6-7,10-12H,4-5,8-9H2,(H,21,22,24). The minimum absolute atomic E-state index is 0.0300. The van der Waals surface area contributed by atoms with Gasteiger partial charge in [-0.2, -0.15) is 0 Å². The van der Waals surface area contributed by atoms with E-state index in [0.717, 1.165) is 35.9 Å². The first kappa shape index (κ1) is 16.5. The van der Waals surface area contributed by atoms with Crippen LogP contribution in [0.1, 0.15) is 12.8 Å². The summed E-state index contributed by atoms with van der Waals surface area (Å²) in [6.45, 7) is 1.76. The average molecular weight is 417 g/mol. The van der Waals surface area contributed by atoms with Crippen LogP contribution in [0.5, 0.6) is 0 Å². The van der Waals surface area contributed by atoms with Crippen molar-refractivity contribution in [3.8, 4) is 0 Å². The van der Waals surface area contributed by atoms with E-state index in [9.17, 15) is 4.79 Å². The van der Waals surface area contributed by atoms with Gasteiger partial charge in [0.1, 0.15) is 5.82 Å². The lowest BCUT2D eigenvalue weighted by molar-refractivity contribution is -0.120. The Morgan fingerprint density at radius 1 is 1.20 bits per heavy atom. The fourth-order valence-electron chi connectivity index (χ4n) is 3.17. The van der Waals surface area contributed by atoms with Crippen molar-refractivity contribution in [2.24, 2.45) is 5.92 Å². The van der Waals surface area contributed by atoms with Crippen molar-refractivity contribution in [2.45, 2.75) is 12.8 Å². The summed E-state index contributed by atoms with van der Waals surface area (Å²) in [6.07, 6.45) is 5.24. The molecular weight excluding hydrogens is 400 g/mol. The fraction of sp³-hybridized carbons (Fsp3) is 0.278. The summed E-state index contributed by atoms with van der Waals surface area (Å²) in [4.78, 5) is 23.5. The summed E-state index contributed by atoms with van der Waals surface area (Å²) < 4.78 is 2.13. The highest BCUT2D eigenvalue weighted by Crippen LogP contribution is 2.32. The number of fused-ring (bicyclic) bond motifs is 1. The van der Waals surface area contributed by atoms with Gasteiger partial charge in [0.25, 0.3) is 0 Å². The Kier molecular flexibility index (Phi) is 4.67. The zero-order valence-electron chi connectivity index (χ0n) is 13.5. The molecule has 1 fully saturated rings. The van der Waals surface area contributed by atoms with E-state index in [1.54, 1.807) is 17.5 Å². The number of nitrogens with zero attached hydrogens (tertiary/aromatic N) is 3. The van der Waals surface area contributed by atoms with E-state index in [2.05, 4.69) is 53.6 Å². The highest BCUT2D eigenvalue weighted by Gasteiger charge is 2.26. The van der Waals surface area contributed by atoms with E-state index in [-0.39, 0.29) is 11.8 Å². The zero-order valence-corrected chi connectivity index (χ0v) is 15.9. The fourth-order valence-corrected chi connectivity index (χ4v) is 4.30. The van der Waals surface area contributed by atoms with Gasteiger partial charge in [-0.3, -0.25) is 9.78 Å². The molecule has 1 aliphatic heterocycles. The van der Waals surface area contributed by atoms with Crippen LogP contribution in [0.2, 0.25) is 0 Å². The number of halogens is 1. The Labute approximate surface area is 158 Å². The van der Waals surface area contributed by atoms with Gasteiger partial charge in [0, 0.05) is 35.9 Å². The molecule has 4 rings (SSSR count). The number of piperidine rings is 1. The lowest BCUT2D eigenvalue weighted by Gasteiger charge is -2.33. The first-order valence-corrected chi connectivity index (χ1v) is 9.87. The van der Waals surface area contributed by atoms with Crippen molar-refractivity contribution in [3.05, 3.63) is 46.5 Å². The topological polar surface area (TPSA) is 58.1 Å². The van der Waals surface area contributed by atoms with Crippen molar-refractivity contribution in [1.82, 2.24) is 9.97 Å². The number of hydrogen-bond donors (Lipinski definition) is 1. The quantitative estimate of drug-likeness (QED) is 0.690. The minimum atomic E-state index is 0.0300. The second-order valence-corrected chi connectivity index (χ2v) is 7.91. The lowest BCUT2D eigenvalue weighted by Crippen LogP contribution is -2.38. The summed E-state index contributed by atoms with van der Waals surface area (Å²) in [5.74, 6) is 0.692. The highest BCUT2D eigenvalue weighted by molar-refractivity contribution is 9.10. The third kappa shape index (κ3) is 3.52. The molecule has 0 aromatic carbocycles. The number of thiophene rings is 1. The molecule has 1 amide bonds. The van der Waals surface area contributed by atoms with Crippen molar-refractivity contribution in [1.29, 1.82) is 0 Å². The number of carbonyl (C=O) groups excluding carboxylic acids is 1. The predicted octanol–water partition coefficient (Wildman–Crippen LogP) is 4.31. The van der Waals surface area contributed by atoms with E-state index >= 15 is 0 Å². The van der Waals surface area contributed by atoms with Crippen LogP contribution in [0, 0.1) is 5.92 Å². The number of pyridine rings is 2. The molecule has 0 unspecified atom stereocenters. The zero-order chi connectivity index (χ0) is 17.2. The van der Waals surface area contributed by atoms with Gasteiger partial charge in [-0.1, -0.05) is 0 Å². The molecular formula is C18H17BrN4OS. The van der Waals surface area contributed by atoms with Gasteiger partial charge in [-0.15, -0.1) is 11.3 Å². The molecule has 25 heavy (non-hydrogen) atoms. The molecule has 1 saturated heterocycles. The molecule has 0 spiro atoms. The smallest absolute Gasteiger partial charge is 0.228 e. The SMILES string of the molecule is O=C(Nc1ccc(Br)cn1)C1CCN(c2ccnc3ccsc23)CC1. The van der Waals surface area contributed by atoms with Crippen molar-refractivity contribution < 1.29 is 4.79 Å². The second-order valence-electron chi connectivity index (χ2n) is 6.08. The summed E-state index contributed by atoms with van der Waals surface area (Å²) in [5.41, 5.74) is 2.28. The van der Waals surface area contributed by atoms with Gasteiger partial charge < -0.3 is 10.2 Å². The second kappa shape index (κ2) is 7.09. The highest BCUT2D eigenvalue weighted by atomic mass is 79.9. The van der Waals surface area contributed by atoms with E-state index in [1.165, 1.54) is 10.4 Å². The first-order valence-electron chi connectivity index (χ1n) is 8.20. The molecule has 7 heteroatoms. The van der Waals surface area contributed by atoms with Crippen LogP contribution in [0.25, 0.3) is 10.2 Å².